The van der Waals surface area contributed by atoms with Crippen LogP contribution in [0.4, 0.5) is 0 Å². The van der Waals surface area contributed by atoms with Gasteiger partial charge >= 0.3 is 5.97 Å². The molecule has 0 saturated carbocycles. The number of esters is 1. The standard InChI is InChI=1S/C29H26N2O4S2/c1-5-14-34-28(33)25-17(2)30-29-31(26(25)19-10-12-22(36-4)13-11-19)27(32)24(37-29)16-21-15-20-8-6-7-9-23(20)35-18(21)3/h5-13,15-16,18,26H,1,14H2,2-4H3. The highest BCUT2D eigenvalue weighted by Crippen LogP contribution is 2.32. The summed E-state index contributed by atoms with van der Waals surface area (Å²) in [7, 11) is 0. The first-order valence-electron chi connectivity index (χ1n) is 11.8. The molecule has 0 saturated heterocycles. The molecule has 0 aliphatic carbocycles. The van der Waals surface area contributed by atoms with E-state index < -0.39 is 12.0 Å². The lowest BCUT2D eigenvalue weighted by atomic mass is 9.96. The molecule has 2 unspecified atom stereocenters. The van der Waals surface area contributed by atoms with E-state index in [0.29, 0.717) is 20.6 Å². The van der Waals surface area contributed by atoms with Crippen molar-refractivity contribution in [1.29, 1.82) is 0 Å². The molecule has 5 rings (SSSR count). The monoisotopic (exact) mass is 530 g/mol. The minimum Gasteiger partial charge on any atom is -0.485 e. The Balaban J connectivity index is 1.67. The molecule has 3 heterocycles. The molecule has 3 aromatic rings. The van der Waals surface area contributed by atoms with Crippen LogP contribution in [0.25, 0.3) is 12.2 Å². The third kappa shape index (κ3) is 4.74. The molecule has 188 valence electrons. The topological polar surface area (TPSA) is 69.9 Å². The molecule has 0 spiro atoms. The summed E-state index contributed by atoms with van der Waals surface area (Å²) in [4.78, 5) is 33.3. The molecule has 0 fully saturated rings. The first-order valence-corrected chi connectivity index (χ1v) is 13.9. The van der Waals surface area contributed by atoms with Crippen LogP contribution in [-0.2, 0) is 9.53 Å². The van der Waals surface area contributed by atoms with Gasteiger partial charge in [-0.1, -0.05) is 54.3 Å². The van der Waals surface area contributed by atoms with Crippen LogP contribution in [0.2, 0.25) is 0 Å². The lowest BCUT2D eigenvalue weighted by Gasteiger charge is -2.24. The fourth-order valence-electron chi connectivity index (χ4n) is 4.47. The average Bonchev–Trinajstić information content (AvgIpc) is 3.21. The first-order chi connectivity index (χ1) is 17.9. The van der Waals surface area contributed by atoms with Crippen LogP contribution in [0.15, 0.2) is 92.7 Å². The molecule has 2 aromatic carbocycles. The lowest BCUT2D eigenvalue weighted by Crippen LogP contribution is -2.40. The number of hydrogen-bond acceptors (Lipinski definition) is 7. The zero-order valence-corrected chi connectivity index (χ0v) is 22.4. The largest absolute Gasteiger partial charge is 0.485 e. The van der Waals surface area contributed by atoms with Crippen LogP contribution < -0.4 is 19.6 Å². The zero-order chi connectivity index (χ0) is 26.1. The van der Waals surface area contributed by atoms with Gasteiger partial charge in [0.25, 0.3) is 5.56 Å². The van der Waals surface area contributed by atoms with E-state index in [0.717, 1.165) is 27.3 Å². The highest BCUT2D eigenvalue weighted by atomic mass is 32.2. The molecular formula is C29H26N2O4S2. The number of carbonyl (C=O) groups is 1. The van der Waals surface area contributed by atoms with E-state index in [2.05, 4.69) is 11.6 Å². The van der Waals surface area contributed by atoms with Gasteiger partial charge in [0.1, 0.15) is 18.5 Å². The van der Waals surface area contributed by atoms with E-state index in [1.165, 1.54) is 17.4 Å². The summed E-state index contributed by atoms with van der Waals surface area (Å²) in [6, 6.07) is 15.0. The third-order valence-corrected chi connectivity index (χ3v) is 8.04. The second kappa shape index (κ2) is 10.4. The van der Waals surface area contributed by atoms with Crippen LogP contribution in [0.5, 0.6) is 5.75 Å². The highest BCUT2D eigenvalue weighted by Gasteiger charge is 2.33. The maximum absolute atomic E-state index is 13.9. The number of fused-ring (bicyclic) bond motifs is 2. The average molecular weight is 531 g/mol. The van der Waals surface area contributed by atoms with Crippen molar-refractivity contribution >= 4 is 41.2 Å². The number of hydrogen-bond donors (Lipinski definition) is 0. The number of carbonyl (C=O) groups excluding carboxylic acids is 1. The minimum absolute atomic E-state index is 0.0751. The maximum Gasteiger partial charge on any atom is 0.338 e. The van der Waals surface area contributed by atoms with E-state index in [1.807, 2.05) is 73.9 Å². The summed E-state index contributed by atoms with van der Waals surface area (Å²) in [5.74, 6) is 0.309. The Morgan fingerprint density at radius 1 is 1.24 bits per heavy atom. The highest BCUT2D eigenvalue weighted by molar-refractivity contribution is 7.98. The fraction of sp³-hybridized carbons (Fsp3) is 0.207. The van der Waals surface area contributed by atoms with Gasteiger partial charge in [-0.05, 0) is 61.6 Å². The number of ether oxygens (including phenoxy) is 2. The Kier molecular flexibility index (Phi) is 7.04. The van der Waals surface area contributed by atoms with Gasteiger partial charge in [0.2, 0.25) is 0 Å². The minimum atomic E-state index is -0.652. The predicted octanol–water partition coefficient (Wildman–Crippen LogP) is 4.50. The summed E-state index contributed by atoms with van der Waals surface area (Å²) in [6.45, 7) is 7.45. The summed E-state index contributed by atoms with van der Waals surface area (Å²) in [5.41, 5.74) is 3.34. The predicted molar refractivity (Wildman–Crippen MR) is 149 cm³/mol. The number of para-hydroxylation sites is 1. The zero-order valence-electron chi connectivity index (χ0n) is 20.8. The number of allylic oxidation sites excluding steroid dienone is 1. The van der Waals surface area contributed by atoms with Gasteiger partial charge in [-0.2, -0.15) is 0 Å². The van der Waals surface area contributed by atoms with Gasteiger partial charge < -0.3 is 9.47 Å². The molecule has 1 aromatic heterocycles. The summed E-state index contributed by atoms with van der Waals surface area (Å²) >= 11 is 2.93. The maximum atomic E-state index is 13.9. The van der Waals surface area contributed by atoms with Gasteiger partial charge in [0.05, 0.1) is 21.8 Å². The van der Waals surface area contributed by atoms with Crippen molar-refractivity contribution in [3.63, 3.8) is 0 Å². The van der Waals surface area contributed by atoms with Gasteiger partial charge in [-0.25, -0.2) is 9.79 Å². The number of thiazole rings is 1. The van der Waals surface area contributed by atoms with Crippen molar-refractivity contribution in [3.05, 3.63) is 109 Å². The van der Waals surface area contributed by atoms with E-state index in [1.54, 1.807) is 23.3 Å². The van der Waals surface area contributed by atoms with Crippen molar-refractivity contribution in [2.75, 3.05) is 12.9 Å². The number of nitrogens with zero attached hydrogens (tertiary/aromatic N) is 2. The smallest absolute Gasteiger partial charge is 0.338 e. The van der Waals surface area contributed by atoms with E-state index >= 15 is 0 Å². The summed E-state index contributed by atoms with van der Waals surface area (Å²) in [6.07, 6.45) is 7.22. The normalized spacial score (nSPS) is 18.8. The molecule has 2 atom stereocenters. The molecule has 8 heteroatoms. The molecule has 0 N–H and O–H groups in total. The molecule has 37 heavy (non-hydrogen) atoms. The Morgan fingerprint density at radius 3 is 2.73 bits per heavy atom. The second-order valence-corrected chi connectivity index (χ2v) is 10.6. The second-order valence-electron chi connectivity index (χ2n) is 8.68. The number of rotatable bonds is 6. The molecule has 0 radical (unpaired) electrons. The molecule has 0 bridgehead atoms. The lowest BCUT2D eigenvalue weighted by molar-refractivity contribution is -0.138. The van der Waals surface area contributed by atoms with Crippen molar-refractivity contribution in [2.24, 2.45) is 4.99 Å². The van der Waals surface area contributed by atoms with Crippen molar-refractivity contribution < 1.29 is 14.3 Å². The van der Waals surface area contributed by atoms with Gasteiger partial charge in [0, 0.05) is 10.5 Å². The molecule has 6 nitrogen and oxygen atoms in total. The van der Waals surface area contributed by atoms with Crippen LogP contribution in [0.1, 0.15) is 31.0 Å². The fourth-order valence-corrected chi connectivity index (χ4v) is 5.92. The van der Waals surface area contributed by atoms with Crippen LogP contribution in [-0.4, -0.2) is 29.5 Å². The van der Waals surface area contributed by atoms with Crippen molar-refractivity contribution in [1.82, 2.24) is 4.57 Å². The molecule has 2 aliphatic rings. The third-order valence-electron chi connectivity index (χ3n) is 6.32. The molecule has 0 amide bonds. The summed E-state index contributed by atoms with van der Waals surface area (Å²) in [5, 5.41) is 0. The number of benzene rings is 2. The van der Waals surface area contributed by atoms with E-state index in [-0.39, 0.29) is 18.3 Å². The van der Waals surface area contributed by atoms with Gasteiger partial charge in [-0.15, -0.1) is 11.8 Å². The number of aromatic nitrogens is 1. The SMILES string of the molecule is C=CCOC(=O)C1=C(C)N=c2sc(=CC3=Cc4ccccc4OC3C)c(=O)n2C1c1ccc(SC)cc1. The van der Waals surface area contributed by atoms with E-state index in [9.17, 15) is 9.59 Å². The molecular weight excluding hydrogens is 504 g/mol. The Morgan fingerprint density at radius 2 is 2.00 bits per heavy atom. The summed E-state index contributed by atoms with van der Waals surface area (Å²) < 4.78 is 13.6. The van der Waals surface area contributed by atoms with Crippen molar-refractivity contribution in [3.8, 4) is 5.75 Å². The van der Waals surface area contributed by atoms with Crippen molar-refractivity contribution in [2.45, 2.75) is 30.9 Å². The van der Waals surface area contributed by atoms with Crippen LogP contribution >= 0.6 is 23.1 Å². The van der Waals surface area contributed by atoms with Gasteiger partial charge in [-0.3, -0.25) is 9.36 Å². The van der Waals surface area contributed by atoms with E-state index in [4.69, 9.17) is 9.47 Å². The quantitative estimate of drug-likeness (QED) is 0.267. The van der Waals surface area contributed by atoms with Crippen LogP contribution in [0.3, 0.4) is 0 Å². The molecule has 2 aliphatic heterocycles. The number of thioether (sulfide) groups is 1. The van der Waals surface area contributed by atoms with Gasteiger partial charge in [0.15, 0.2) is 4.80 Å². The Labute approximate surface area is 223 Å². The van der Waals surface area contributed by atoms with Crippen LogP contribution in [0, 0.1) is 0 Å². The Hall–Kier alpha value is -3.62. The first kappa shape index (κ1) is 25.0. The Bertz CT molecular complexity index is 1630.